The van der Waals surface area contributed by atoms with Crippen LogP contribution in [0.15, 0.2) is 63.8 Å². The average Bonchev–Trinajstić information content (AvgIpc) is 2.70. The van der Waals surface area contributed by atoms with Gasteiger partial charge in [-0.25, -0.2) is 4.79 Å². The number of rotatable bonds is 3. The van der Waals surface area contributed by atoms with Crippen LogP contribution in [0.5, 0.6) is 5.75 Å². The molecule has 2 aromatic carbocycles. The zero-order valence-corrected chi connectivity index (χ0v) is 15.2. The summed E-state index contributed by atoms with van der Waals surface area (Å²) in [6, 6.07) is 13.0. The molecule has 2 aliphatic rings. The van der Waals surface area contributed by atoms with Crippen molar-refractivity contribution in [3.8, 4) is 28.2 Å². The van der Waals surface area contributed by atoms with Crippen LogP contribution in [0.4, 0.5) is 0 Å². The third-order valence-corrected chi connectivity index (χ3v) is 4.69. The van der Waals surface area contributed by atoms with Gasteiger partial charge < -0.3 is 19.9 Å². The SMILES string of the molecule is CNC(=O)c1ccc(C(=O)O)c(-c2c3ccc(=O)cc-3oc3cc(O)ccc23)c1. The standard InChI is InChI=1S/C22H15NO6/c1-23-21(26)11-2-5-14(22(27)28)17(8-11)20-15-6-3-12(24)9-18(15)29-19-10-13(25)4-7-16(19)20/h2-10,24H,1H3,(H,23,26)(H,27,28). The molecular formula is C22H15NO6. The maximum atomic E-state index is 12.1. The lowest BCUT2D eigenvalue weighted by Gasteiger charge is -2.17. The number of nitrogens with one attached hydrogen (secondary N) is 1. The Balaban J connectivity index is 2.19. The van der Waals surface area contributed by atoms with Crippen LogP contribution in [-0.4, -0.2) is 29.1 Å². The van der Waals surface area contributed by atoms with E-state index < -0.39 is 5.97 Å². The summed E-state index contributed by atoms with van der Waals surface area (Å²) in [6.07, 6.45) is 0. The Kier molecular flexibility index (Phi) is 4.27. The van der Waals surface area contributed by atoms with Crippen molar-refractivity contribution < 1.29 is 24.2 Å². The van der Waals surface area contributed by atoms with E-state index in [1.807, 2.05) is 0 Å². The zero-order chi connectivity index (χ0) is 20.7. The van der Waals surface area contributed by atoms with Crippen molar-refractivity contribution in [1.29, 1.82) is 0 Å². The second-order valence-corrected chi connectivity index (χ2v) is 6.46. The normalized spacial score (nSPS) is 10.9. The van der Waals surface area contributed by atoms with Crippen molar-refractivity contribution in [1.82, 2.24) is 5.32 Å². The van der Waals surface area contributed by atoms with E-state index in [0.29, 0.717) is 22.1 Å². The molecule has 0 aromatic heterocycles. The fraction of sp³-hybridized carbons (Fsp3) is 0.0455. The van der Waals surface area contributed by atoms with Gasteiger partial charge in [0.1, 0.15) is 17.1 Å². The number of fused-ring (bicyclic) bond motifs is 2. The molecule has 0 unspecified atom stereocenters. The van der Waals surface area contributed by atoms with Gasteiger partial charge in [-0.05, 0) is 48.0 Å². The van der Waals surface area contributed by atoms with Crippen LogP contribution in [0.1, 0.15) is 20.7 Å². The van der Waals surface area contributed by atoms with Gasteiger partial charge in [-0.1, -0.05) is 0 Å². The summed E-state index contributed by atoms with van der Waals surface area (Å²) in [5.41, 5.74) is 1.58. The molecule has 0 saturated heterocycles. The number of benzene rings is 3. The Bertz CT molecular complexity index is 1320. The van der Waals surface area contributed by atoms with Crippen LogP contribution >= 0.6 is 0 Å². The quantitative estimate of drug-likeness (QED) is 0.463. The summed E-state index contributed by atoms with van der Waals surface area (Å²) >= 11 is 0. The van der Waals surface area contributed by atoms with Gasteiger partial charge in [0.2, 0.25) is 0 Å². The first-order valence-electron chi connectivity index (χ1n) is 8.68. The maximum Gasteiger partial charge on any atom is 0.336 e. The number of phenolic OH excluding ortho intramolecular Hbond substituents is 1. The first kappa shape index (κ1) is 18.2. The molecule has 4 rings (SSSR count). The van der Waals surface area contributed by atoms with E-state index in [-0.39, 0.29) is 39.6 Å². The van der Waals surface area contributed by atoms with Crippen molar-refractivity contribution in [2.75, 3.05) is 7.05 Å². The maximum absolute atomic E-state index is 12.1. The van der Waals surface area contributed by atoms with Gasteiger partial charge in [-0.3, -0.25) is 9.59 Å². The van der Waals surface area contributed by atoms with Crippen molar-refractivity contribution >= 4 is 22.8 Å². The lowest BCUT2D eigenvalue weighted by Crippen LogP contribution is -2.18. The third-order valence-electron chi connectivity index (χ3n) is 4.69. The van der Waals surface area contributed by atoms with Crippen LogP contribution in [-0.2, 0) is 0 Å². The highest BCUT2D eigenvalue weighted by molar-refractivity contribution is 6.09. The van der Waals surface area contributed by atoms with E-state index in [9.17, 15) is 24.6 Å². The molecule has 0 atom stereocenters. The number of carboxylic acids is 1. The number of hydrogen-bond acceptors (Lipinski definition) is 5. The first-order chi connectivity index (χ1) is 13.9. The summed E-state index contributed by atoms with van der Waals surface area (Å²) in [6.45, 7) is 0. The van der Waals surface area contributed by atoms with Gasteiger partial charge in [0.15, 0.2) is 5.43 Å². The number of amides is 1. The van der Waals surface area contributed by atoms with Crippen molar-refractivity contribution in [3.63, 3.8) is 0 Å². The molecule has 1 amide bonds. The zero-order valence-electron chi connectivity index (χ0n) is 15.2. The lowest BCUT2D eigenvalue weighted by atomic mass is 9.89. The highest BCUT2D eigenvalue weighted by Crippen LogP contribution is 2.42. The molecule has 1 aliphatic heterocycles. The van der Waals surface area contributed by atoms with Crippen molar-refractivity contribution in [2.45, 2.75) is 0 Å². The number of aromatic hydroxyl groups is 1. The molecular weight excluding hydrogens is 374 g/mol. The Morgan fingerprint density at radius 1 is 0.966 bits per heavy atom. The molecule has 0 saturated carbocycles. The summed E-state index contributed by atoms with van der Waals surface area (Å²) < 4.78 is 5.78. The predicted octanol–water partition coefficient (Wildman–Crippen LogP) is 3.33. The molecule has 0 bridgehead atoms. The monoisotopic (exact) mass is 389 g/mol. The fourth-order valence-corrected chi connectivity index (χ4v) is 3.37. The number of carboxylic acid groups (broad SMARTS) is 1. The Morgan fingerprint density at radius 3 is 2.48 bits per heavy atom. The largest absolute Gasteiger partial charge is 0.508 e. The van der Waals surface area contributed by atoms with E-state index in [1.165, 1.54) is 49.5 Å². The average molecular weight is 389 g/mol. The molecule has 0 spiro atoms. The van der Waals surface area contributed by atoms with Crippen LogP contribution in [0.3, 0.4) is 0 Å². The van der Waals surface area contributed by atoms with Gasteiger partial charge >= 0.3 is 5.97 Å². The molecule has 7 heteroatoms. The van der Waals surface area contributed by atoms with Gasteiger partial charge in [0.25, 0.3) is 5.91 Å². The summed E-state index contributed by atoms with van der Waals surface area (Å²) in [5, 5.41) is 22.6. The third kappa shape index (κ3) is 3.08. The molecule has 0 radical (unpaired) electrons. The number of hydrogen-bond donors (Lipinski definition) is 3. The first-order valence-corrected chi connectivity index (χ1v) is 8.68. The van der Waals surface area contributed by atoms with E-state index in [4.69, 9.17) is 4.42 Å². The number of carbonyl (C=O) groups is 2. The minimum atomic E-state index is -1.16. The molecule has 1 heterocycles. The summed E-state index contributed by atoms with van der Waals surface area (Å²) in [5.74, 6) is -1.32. The fourth-order valence-electron chi connectivity index (χ4n) is 3.37. The summed E-state index contributed by atoms with van der Waals surface area (Å²) in [4.78, 5) is 35.9. The second-order valence-electron chi connectivity index (χ2n) is 6.46. The van der Waals surface area contributed by atoms with Gasteiger partial charge in [0.05, 0.1) is 5.56 Å². The van der Waals surface area contributed by atoms with Gasteiger partial charge in [-0.15, -0.1) is 0 Å². The van der Waals surface area contributed by atoms with Crippen LogP contribution < -0.4 is 10.7 Å². The van der Waals surface area contributed by atoms with Crippen LogP contribution in [0, 0.1) is 0 Å². The summed E-state index contributed by atoms with van der Waals surface area (Å²) in [7, 11) is 1.48. The van der Waals surface area contributed by atoms with E-state index in [1.54, 1.807) is 12.1 Å². The molecule has 2 aromatic rings. The van der Waals surface area contributed by atoms with Crippen molar-refractivity contribution in [3.05, 3.63) is 75.9 Å². The second kappa shape index (κ2) is 6.79. The Labute approximate surface area is 164 Å². The number of phenols is 1. The minimum absolute atomic E-state index is 0.00859. The number of aromatic carboxylic acids is 1. The molecule has 3 N–H and O–H groups in total. The number of carbonyl (C=O) groups excluding carboxylic acids is 1. The Morgan fingerprint density at radius 2 is 1.76 bits per heavy atom. The van der Waals surface area contributed by atoms with E-state index in [0.717, 1.165) is 0 Å². The Hall–Kier alpha value is -4.13. The van der Waals surface area contributed by atoms with Gasteiger partial charge in [-0.2, -0.15) is 0 Å². The minimum Gasteiger partial charge on any atom is -0.508 e. The molecule has 7 nitrogen and oxygen atoms in total. The van der Waals surface area contributed by atoms with E-state index >= 15 is 0 Å². The molecule has 1 aliphatic carbocycles. The molecule has 144 valence electrons. The highest BCUT2D eigenvalue weighted by Gasteiger charge is 2.23. The van der Waals surface area contributed by atoms with Gasteiger partial charge in [0, 0.05) is 41.3 Å². The molecule has 0 fully saturated rings. The topological polar surface area (TPSA) is 117 Å². The smallest absolute Gasteiger partial charge is 0.336 e. The van der Waals surface area contributed by atoms with Crippen LogP contribution in [0.2, 0.25) is 0 Å². The predicted molar refractivity (Wildman–Crippen MR) is 107 cm³/mol. The highest BCUT2D eigenvalue weighted by atomic mass is 16.4. The lowest BCUT2D eigenvalue weighted by molar-refractivity contribution is 0.0697. The molecule has 29 heavy (non-hydrogen) atoms. The van der Waals surface area contributed by atoms with Crippen molar-refractivity contribution in [2.24, 2.45) is 0 Å². The van der Waals surface area contributed by atoms with Crippen LogP contribution in [0.25, 0.3) is 33.4 Å². The van der Waals surface area contributed by atoms with E-state index in [2.05, 4.69) is 5.32 Å².